The van der Waals surface area contributed by atoms with Crippen LogP contribution in [0, 0.1) is 5.92 Å². The summed E-state index contributed by atoms with van der Waals surface area (Å²) in [6.07, 6.45) is 61.0. The first-order valence-electron chi connectivity index (χ1n) is 40.6. The Labute approximate surface area is 594 Å². The highest BCUT2D eigenvalue weighted by Gasteiger charge is 2.30. The van der Waals surface area contributed by atoms with E-state index in [1.54, 1.807) is 0 Å². The summed E-state index contributed by atoms with van der Waals surface area (Å²) in [6.45, 7) is 7.31. The first kappa shape index (κ1) is 95.1. The van der Waals surface area contributed by atoms with Crippen molar-refractivity contribution in [1.29, 1.82) is 0 Å². The second-order valence-electron chi connectivity index (χ2n) is 28.6. The molecule has 0 radical (unpaired) electrons. The van der Waals surface area contributed by atoms with Gasteiger partial charge in [0, 0.05) is 25.7 Å². The van der Waals surface area contributed by atoms with Crippen molar-refractivity contribution in [2.45, 2.75) is 432 Å². The normalized spacial score (nSPS) is 13.9. The molecule has 97 heavy (non-hydrogen) atoms. The Balaban J connectivity index is 5.21. The molecular formula is C78H152O17P2. The molecule has 576 valence electrons. The van der Waals surface area contributed by atoms with Crippen molar-refractivity contribution < 1.29 is 80.2 Å². The number of rotatable bonds is 78. The number of phosphoric ester groups is 2. The zero-order valence-electron chi connectivity index (χ0n) is 63.2. The van der Waals surface area contributed by atoms with Crippen LogP contribution in [0.1, 0.15) is 413 Å². The van der Waals surface area contributed by atoms with Crippen molar-refractivity contribution in [3.05, 3.63) is 0 Å². The van der Waals surface area contributed by atoms with E-state index in [0.717, 1.165) is 95.8 Å². The third-order valence-electron chi connectivity index (χ3n) is 18.3. The molecule has 0 bridgehead atoms. The SMILES string of the molecule is CCCCCCCCCCCCCCCCCCCCCCC(=O)O[C@H](COC(=O)CCCCCCCCCCCCCCCC(C)C)COP(=O)(O)OC[C@@H](O)COP(=O)(O)OC[C@@H](COC(=O)CCCCCCCCCCCC)OC(=O)CCCCCCCCCCCCC. The van der Waals surface area contributed by atoms with Crippen molar-refractivity contribution in [2.24, 2.45) is 5.92 Å². The zero-order chi connectivity index (χ0) is 71.2. The van der Waals surface area contributed by atoms with Crippen molar-refractivity contribution >= 4 is 39.5 Å². The molecule has 0 fully saturated rings. The van der Waals surface area contributed by atoms with E-state index in [1.807, 2.05) is 0 Å². The van der Waals surface area contributed by atoms with Gasteiger partial charge in [0.1, 0.15) is 19.3 Å². The molecule has 2 unspecified atom stereocenters. The summed E-state index contributed by atoms with van der Waals surface area (Å²) >= 11 is 0. The Hall–Kier alpha value is -1.94. The number of phosphoric acid groups is 2. The summed E-state index contributed by atoms with van der Waals surface area (Å²) in [5.41, 5.74) is 0. The summed E-state index contributed by atoms with van der Waals surface area (Å²) < 4.78 is 68.6. The number of ether oxygens (including phenoxy) is 4. The molecule has 0 spiro atoms. The number of aliphatic hydroxyl groups excluding tert-OH is 1. The molecule has 19 heteroatoms. The molecule has 0 aromatic heterocycles. The van der Waals surface area contributed by atoms with Crippen molar-refractivity contribution in [3.8, 4) is 0 Å². The minimum atomic E-state index is -4.96. The van der Waals surface area contributed by atoms with Crippen LogP contribution >= 0.6 is 15.6 Å². The minimum Gasteiger partial charge on any atom is -0.462 e. The van der Waals surface area contributed by atoms with E-state index < -0.39 is 97.5 Å². The quantitative estimate of drug-likeness (QED) is 0.0222. The maximum absolute atomic E-state index is 13.1. The number of hydrogen-bond donors (Lipinski definition) is 3. The third-order valence-corrected chi connectivity index (χ3v) is 20.2. The number of carbonyl (C=O) groups excluding carboxylic acids is 4. The van der Waals surface area contributed by atoms with Crippen LogP contribution in [-0.4, -0.2) is 96.7 Å². The van der Waals surface area contributed by atoms with Crippen molar-refractivity contribution in [3.63, 3.8) is 0 Å². The van der Waals surface area contributed by atoms with E-state index in [2.05, 4.69) is 34.6 Å². The maximum Gasteiger partial charge on any atom is 0.472 e. The van der Waals surface area contributed by atoms with Gasteiger partial charge in [-0.1, -0.05) is 362 Å². The van der Waals surface area contributed by atoms with Gasteiger partial charge in [-0.3, -0.25) is 37.3 Å². The molecule has 0 amide bonds. The molecule has 3 N–H and O–H groups in total. The lowest BCUT2D eigenvalue weighted by Gasteiger charge is -2.21. The van der Waals surface area contributed by atoms with Crippen LogP contribution in [0.2, 0.25) is 0 Å². The van der Waals surface area contributed by atoms with Crippen LogP contribution in [0.5, 0.6) is 0 Å². The fraction of sp³-hybridized carbons (Fsp3) is 0.949. The summed E-state index contributed by atoms with van der Waals surface area (Å²) in [5, 5.41) is 10.6. The Morgan fingerprint density at radius 3 is 0.701 bits per heavy atom. The number of unbranched alkanes of at least 4 members (excludes halogenated alkanes) is 50. The molecule has 0 aliphatic carbocycles. The fourth-order valence-corrected chi connectivity index (χ4v) is 13.6. The molecule has 0 heterocycles. The number of hydrogen-bond acceptors (Lipinski definition) is 15. The zero-order valence-corrected chi connectivity index (χ0v) is 65.0. The van der Waals surface area contributed by atoms with E-state index >= 15 is 0 Å². The van der Waals surface area contributed by atoms with Crippen LogP contribution in [0.15, 0.2) is 0 Å². The van der Waals surface area contributed by atoms with E-state index in [-0.39, 0.29) is 25.7 Å². The third kappa shape index (κ3) is 72.2. The van der Waals surface area contributed by atoms with Crippen molar-refractivity contribution in [1.82, 2.24) is 0 Å². The topological polar surface area (TPSA) is 237 Å². The summed E-state index contributed by atoms with van der Waals surface area (Å²) in [7, 11) is -9.91. The van der Waals surface area contributed by atoms with Gasteiger partial charge in [0.05, 0.1) is 26.4 Å². The van der Waals surface area contributed by atoms with E-state index in [4.69, 9.17) is 37.0 Å². The minimum absolute atomic E-state index is 0.107. The number of esters is 4. The molecule has 0 saturated carbocycles. The molecule has 0 aliphatic rings. The lowest BCUT2D eigenvalue weighted by atomic mass is 10.0. The monoisotopic (exact) mass is 1420 g/mol. The first-order valence-corrected chi connectivity index (χ1v) is 43.6. The first-order chi connectivity index (χ1) is 47.0. The van der Waals surface area contributed by atoms with Crippen LogP contribution < -0.4 is 0 Å². The van der Waals surface area contributed by atoms with Crippen LogP contribution in [0.4, 0.5) is 0 Å². The van der Waals surface area contributed by atoms with E-state index in [1.165, 1.54) is 238 Å². The highest BCUT2D eigenvalue weighted by molar-refractivity contribution is 7.47. The number of carbonyl (C=O) groups is 4. The van der Waals surface area contributed by atoms with Gasteiger partial charge in [0.15, 0.2) is 12.2 Å². The molecule has 17 nitrogen and oxygen atoms in total. The maximum atomic E-state index is 13.1. The summed E-state index contributed by atoms with van der Waals surface area (Å²) in [5.74, 6) is -1.32. The van der Waals surface area contributed by atoms with Gasteiger partial charge in [-0.25, -0.2) is 9.13 Å². The largest absolute Gasteiger partial charge is 0.472 e. The smallest absolute Gasteiger partial charge is 0.462 e. The van der Waals surface area contributed by atoms with Crippen LogP contribution in [0.25, 0.3) is 0 Å². The predicted octanol–water partition coefficient (Wildman–Crippen LogP) is 23.3. The molecule has 0 aromatic rings. The molecule has 0 rings (SSSR count). The Morgan fingerprint density at radius 2 is 0.474 bits per heavy atom. The number of aliphatic hydroxyl groups is 1. The lowest BCUT2D eigenvalue weighted by molar-refractivity contribution is -0.161. The highest BCUT2D eigenvalue weighted by atomic mass is 31.2. The van der Waals surface area contributed by atoms with E-state index in [9.17, 15) is 43.2 Å². The van der Waals surface area contributed by atoms with Gasteiger partial charge in [-0.05, 0) is 31.6 Å². The molecule has 0 aliphatic heterocycles. The Morgan fingerprint density at radius 1 is 0.278 bits per heavy atom. The predicted molar refractivity (Wildman–Crippen MR) is 395 cm³/mol. The average Bonchev–Trinajstić information content (AvgIpc) is 2.25. The van der Waals surface area contributed by atoms with Gasteiger partial charge in [-0.15, -0.1) is 0 Å². The molecule has 0 saturated heterocycles. The van der Waals surface area contributed by atoms with E-state index in [0.29, 0.717) is 25.7 Å². The second-order valence-corrected chi connectivity index (χ2v) is 31.5. The van der Waals surface area contributed by atoms with Gasteiger partial charge in [0.25, 0.3) is 0 Å². The standard InChI is InChI=1S/C78H152O17P2/c1-6-9-12-15-18-21-24-25-26-27-28-29-30-31-34-39-44-49-54-59-64-78(83)95-74(68-89-76(81)62-57-52-47-42-38-35-32-33-37-40-45-50-55-60-71(4)5)70-93-97(86,87)91-66-72(79)65-90-96(84,85)92-69-73(67-88-75(80)61-56-51-46-41-23-20-17-14-11-8-3)94-77(82)63-58-53-48-43-36-22-19-16-13-10-7-2/h71-74,79H,6-70H2,1-5H3,(H,84,85)(H,86,87)/t72-,73+,74+/m0/s1. The van der Waals surface area contributed by atoms with Crippen LogP contribution in [0.3, 0.4) is 0 Å². The fourth-order valence-electron chi connectivity index (χ4n) is 12.1. The van der Waals surface area contributed by atoms with Crippen LogP contribution in [-0.2, 0) is 65.4 Å². The second kappa shape index (κ2) is 71.1. The van der Waals surface area contributed by atoms with Crippen molar-refractivity contribution in [2.75, 3.05) is 39.6 Å². The molecular weight excluding hydrogens is 1270 g/mol. The summed E-state index contributed by atoms with van der Waals surface area (Å²) in [4.78, 5) is 72.8. The Kier molecular flexibility index (Phi) is 69.6. The van der Waals surface area contributed by atoms with Gasteiger partial charge in [-0.2, -0.15) is 0 Å². The average molecular weight is 1420 g/mol. The van der Waals surface area contributed by atoms with Gasteiger partial charge >= 0.3 is 39.5 Å². The lowest BCUT2D eigenvalue weighted by Crippen LogP contribution is -2.30. The van der Waals surface area contributed by atoms with Gasteiger partial charge < -0.3 is 33.8 Å². The highest BCUT2D eigenvalue weighted by Crippen LogP contribution is 2.45. The molecule has 0 aromatic carbocycles. The Bertz CT molecular complexity index is 1860. The molecule has 5 atom stereocenters. The van der Waals surface area contributed by atoms with Gasteiger partial charge in [0.2, 0.25) is 0 Å². The summed E-state index contributed by atoms with van der Waals surface area (Å²) in [6, 6.07) is 0.